The molecule has 2 N–H and O–H groups in total. The number of pyridine rings is 1. The van der Waals surface area contributed by atoms with Crippen LogP contribution in [0.1, 0.15) is 50.0 Å². The lowest BCUT2D eigenvalue weighted by Crippen LogP contribution is -2.55. The van der Waals surface area contributed by atoms with Crippen LogP contribution in [-0.2, 0) is 4.74 Å². The molecule has 2 saturated heterocycles. The Bertz CT molecular complexity index is 1560. The molecule has 14 heteroatoms. The number of aromatic nitrogens is 3. The molecule has 236 valence electrons. The molecule has 4 heterocycles. The van der Waals surface area contributed by atoms with Gasteiger partial charge in [0.1, 0.15) is 11.5 Å². The Balaban J connectivity index is 1.57. The second-order valence-corrected chi connectivity index (χ2v) is 11.6. The van der Waals surface area contributed by atoms with Gasteiger partial charge in [-0.05, 0) is 34.7 Å². The van der Waals surface area contributed by atoms with E-state index in [1.807, 2.05) is 39.6 Å². The van der Waals surface area contributed by atoms with Crippen LogP contribution >= 0.6 is 0 Å². The van der Waals surface area contributed by atoms with Crippen LogP contribution in [0.5, 0.6) is 0 Å². The summed E-state index contributed by atoms with van der Waals surface area (Å²) in [4.78, 5) is 41.7. The molecular formula is C30H35F4N7O3. The Hall–Kier alpha value is -4.04. The maximum Gasteiger partial charge on any atom is 0.264 e. The molecule has 0 aliphatic carbocycles. The fourth-order valence-corrected chi connectivity index (χ4v) is 5.84. The molecule has 0 saturated carbocycles. The lowest BCUT2D eigenvalue weighted by atomic mass is 10.0. The highest BCUT2D eigenvalue weighted by Gasteiger charge is 2.32. The number of benzene rings is 1. The van der Waals surface area contributed by atoms with E-state index in [2.05, 4.69) is 25.2 Å². The van der Waals surface area contributed by atoms with Gasteiger partial charge < -0.3 is 24.8 Å². The van der Waals surface area contributed by atoms with Gasteiger partial charge in [0.15, 0.2) is 5.82 Å². The molecule has 0 unspecified atom stereocenters. The summed E-state index contributed by atoms with van der Waals surface area (Å²) >= 11 is 0. The van der Waals surface area contributed by atoms with Crippen molar-refractivity contribution in [3.05, 3.63) is 63.8 Å². The number of amides is 1. The number of carbonyl (C=O) groups is 1. The molecule has 2 aliphatic rings. The maximum absolute atomic E-state index is 16.5. The Morgan fingerprint density at radius 3 is 2.20 bits per heavy atom. The number of carbonyl (C=O) groups excluding carboxylic acids is 1. The topological polar surface area (TPSA) is 107 Å². The Labute approximate surface area is 252 Å². The third kappa shape index (κ3) is 6.27. The van der Waals surface area contributed by atoms with Crippen molar-refractivity contribution in [1.29, 1.82) is 0 Å². The third-order valence-corrected chi connectivity index (χ3v) is 8.20. The smallest absolute Gasteiger partial charge is 0.264 e. The van der Waals surface area contributed by atoms with Gasteiger partial charge in [0.2, 0.25) is 11.5 Å². The summed E-state index contributed by atoms with van der Waals surface area (Å²) in [5.41, 5.74) is -2.96. The number of piperazine rings is 1. The van der Waals surface area contributed by atoms with Crippen LogP contribution in [0.15, 0.2) is 35.5 Å². The fraction of sp³-hybridized carbons (Fsp3) is 0.467. The molecule has 2 aromatic heterocycles. The number of nitrogens with one attached hydrogen (secondary N) is 2. The summed E-state index contributed by atoms with van der Waals surface area (Å²) in [6.45, 7) is 9.65. The number of ether oxygens (including phenoxy) is 1. The average Bonchev–Trinajstić information content (AvgIpc) is 2.96. The van der Waals surface area contributed by atoms with Crippen LogP contribution in [0.25, 0.3) is 11.1 Å². The van der Waals surface area contributed by atoms with Crippen molar-refractivity contribution in [1.82, 2.24) is 19.9 Å². The molecule has 44 heavy (non-hydrogen) atoms. The van der Waals surface area contributed by atoms with E-state index in [1.165, 1.54) is 12.4 Å². The zero-order valence-electron chi connectivity index (χ0n) is 25.1. The molecule has 0 radical (unpaired) electrons. The minimum atomic E-state index is -3.14. The first-order chi connectivity index (χ1) is 20.8. The van der Waals surface area contributed by atoms with Crippen molar-refractivity contribution in [3.8, 4) is 11.1 Å². The maximum atomic E-state index is 16.5. The van der Waals surface area contributed by atoms with Gasteiger partial charge in [-0.25, -0.2) is 27.5 Å². The van der Waals surface area contributed by atoms with E-state index in [1.54, 1.807) is 4.90 Å². The van der Waals surface area contributed by atoms with Crippen molar-refractivity contribution < 1.29 is 27.1 Å². The number of likely N-dealkylation sites (N-methyl/N-ethyl adjacent to an activating group) is 1. The van der Waals surface area contributed by atoms with Gasteiger partial charge in [-0.3, -0.25) is 14.5 Å². The number of rotatable bonds is 6. The van der Waals surface area contributed by atoms with Gasteiger partial charge in [-0.2, -0.15) is 0 Å². The van der Waals surface area contributed by atoms with E-state index in [-0.39, 0.29) is 41.2 Å². The molecule has 0 spiro atoms. The Morgan fingerprint density at radius 2 is 1.61 bits per heavy atom. The van der Waals surface area contributed by atoms with Gasteiger partial charge in [-0.15, -0.1) is 0 Å². The Kier molecular flexibility index (Phi) is 8.93. The SMILES string of the molecule is C[C@@H]1CN(c2ncc(-c3c(F)cc(N4C[C@@H](C)N(C)[C@@H](C)C4)c(NC(=O)c4c[nH]c(=O)cc4C(F)F)c3F)cn2)C[C@@H](C)O1. The van der Waals surface area contributed by atoms with E-state index >= 15 is 8.78 Å². The highest BCUT2D eigenvalue weighted by Crippen LogP contribution is 2.39. The second kappa shape index (κ2) is 12.5. The number of hydrogen-bond acceptors (Lipinski definition) is 8. The largest absolute Gasteiger partial charge is 0.372 e. The van der Waals surface area contributed by atoms with Crippen LogP contribution in [0.3, 0.4) is 0 Å². The number of nitrogens with zero attached hydrogens (tertiary/aromatic N) is 5. The summed E-state index contributed by atoms with van der Waals surface area (Å²) in [7, 11) is 1.95. The zero-order chi connectivity index (χ0) is 31.9. The molecule has 10 nitrogen and oxygen atoms in total. The number of H-pyrrole nitrogens is 1. The van der Waals surface area contributed by atoms with Crippen LogP contribution in [0, 0.1) is 11.6 Å². The van der Waals surface area contributed by atoms with Gasteiger partial charge in [0, 0.05) is 80.1 Å². The van der Waals surface area contributed by atoms with E-state index < -0.39 is 46.2 Å². The van der Waals surface area contributed by atoms with Gasteiger partial charge in [-0.1, -0.05) is 0 Å². The van der Waals surface area contributed by atoms with Crippen LogP contribution < -0.4 is 20.7 Å². The van der Waals surface area contributed by atoms with Crippen molar-refractivity contribution in [2.45, 2.75) is 58.4 Å². The molecule has 3 aromatic rings. The Morgan fingerprint density at radius 1 is 1.00 bits per heavy atom. The molecule has 1 aromatic carbocycles. The monoisotopic (exact) mass is 617 g/mol. The molecule has 4 atom stereocenters. The summed E-state index contributed by atoms with van der Waals surface area (Å²) < 4.78 is 65.5. The molecule has 5 rings (SSSR count). The van der Waals surface area contributed by atoms with Gasteiger partial charge in [0.05, 0.1) is 29.0 Å². The number of morpholine rings is 1. The van der Waals surface area contributed by atoms with Crippen molar-refractivity contribution in [2.75, 3.05) is 48.3 Å². The number of anilines is 3. The second-order valence-electron chi connectivity index (χ2n) is 11.6. The molecule has 0 bridgehead atoms. The molecule has 2 fully saturated rings. The summed E-state index contributed by atoms with van der Waals surface area (Å²) in [5, 5.41) is 2.40. The minimum Gasteiger partial charge on any atom is -0.372 e. The van der Waals surface area contributed by atoms with E-state index in [0.717, 1.165) is 12.3 Å². The lowest BCUT2D eigenvalue weighted by Gasteiger charge is -2.44. The van der Waals surface area contributed by atoms with E-state index in [9.17, 15) is 18.4 Å². The minimum absolute atomic E-state index is 0.00398. The predicted octanol–water partition coefficient (Wildman–Crippen LogP) is 4.44. The highest BCUT2D eigenvalue weighted by atomic mass is 19.3. The lowest BCUT2D eigenvalue weighted by molar-refractivity contribution is -0.00572. The number of halogens is 4. The number of alkyl halides is 2. The molecule has 2 aliphatic heterocycles. The van der Waals surface area contributed by atoms with Crippen LogP contribution in [0.4, 0.5) is 34.9 Å². The van der Waals surface area contributed by atoms with Crippen molar-refractivity contribution in [3.63, 3.8) is 0 Å². The van der Waals surface area contributed by atoms with E-state index in [0.29, 0.717) is 38.2 Å². The number of aromatic amines is 1. The fourth-order valence-electron chi connectivity index (χ4n) is 5.84. The van der Waals surface area contributed by atoms with Gasteiger partial charge >= 0.3 is 0 Å². The van der Waals surface area contributed by atoms with E-state index in [4.69, 9.17) is 4.74 Å². The normalized spacial score (nSPS) is 22.9. The van der Waals surface area contributed by atoms with Crippen LogP contribution in [0.2, 0.25) is 0 Å². The first kappa shape index (κ1) is 31.4. The molecule has 1 amide bonds. The summed E-state index contributed by atoms with van der Waals surface area (Å²) in [6.07, 6.45) is 0.208. The highest BCUT2D eigenvalue weighted by molar-refractivity contribution is 6.07. The quantitative estimate of drug-likeness (QED) is 0.391. The number of hydrogen-bond donors (Lipinski definition) is 2. The predicted molar refractivity (Wildman–Crippen MR) is 158 cm³/mol. The summed E-state index contributed by atoms with van der Waals surface area (Å²) in [6, 6.07) is 1.75. The first-order valence-corrected chi connectivity index (χ1v) is 14.4. The average molecular weight is 618 g/mol. The third-order valence-electron chi connectivity index (χ3n) is 8.20. The first-order valence-electron chi connectivity index (χ1n) is 14.4. The van der Waals surface area contributed by atoms with Crippen LogP contribution in [-0.4, -0.2) is 83.3 Å². The molecular weight excluding hydrogens is 582 g/mol. The van der Waals surface area contributed by atoms with Gasteiger partial charge in [0.25, 0.3) is 12.3 Å². The zero-order valence-corrected chi connectivity index (χ0v) is 25.1. The summed E-state index contributed by atoms with van der Waals surface area (Å²) in [5.74, 6) is -2.73. The van der Waals surface area contributed by atoms with Crippen molar-refractivity contribution in [2.24, 2.45) is 0 Å². The standard InChI is InChI=1S/C30H35F4N7O3/c1-15-11-40(12-16(2)39(15)5)23-7-22(31)25(19-8-36-30(37-9-19)41-13-17(3)44-18(4)14-41)26(32)27(23)38-29(43)21-10-35-24(42)6-20(21)28(33)34/h6-10,15-18,28H,11-14H2,1-5H3,(H,35,42)(H,38,43)/t15-,16+,17-,18-/m1/s1. The van der Waals surface area contributed by atoms with Crippen molar-refractivity contribution >= 4 is 23.2 Å².